The van der Waals surface area contributed by atoms with E-state index < -0.39 is 0 Å². The van der Waals surface area contributed by atoms with Crippen LogP contribution in [0.5, 0.6) is 0 Å². The van der Waals surface area contributed by atoms with Gasteiger partial charge in [-0.25, -0.2) is 0 Å². The summed E-state index contributed by atoms with van der Waals surface area (Å²) >= 11 is 0. The second-order valence-electron chi connectivity index (χ2n) is 10.5. The average molecular weight is 489 g/mol. The van der Waals surface area contributed by atoms with E-state index >= 15 is 0 Å². The van der Waals surface area contributed by atoms with Crippen LogP contribution < -0.4 is 16.4 Å². The van der Waals surface area contributed by atoms with E-state index in [1.165, 1.54) is 0 Å². The van der Waals surface area contributed by atoms with Crippen molar-refractivity contribution < 1.29 is 14.4 Å². The summed E-state index contributed by atoms with van der Waals surface area (Å²) in [5.74, 6) is 0.126. The number of nitrogens with two attached hydrogens (primary N) is 1. The summed E-state index contributed by atoms with van der Waals surface area (Å²) in [5.41, 5.74) is 7.47. The molecule has 4 N–H and O–H groups in total. The molecule has 0 fully saturated rings. The number of amides is 3. The first kappa shape index (κ1) is 30.6. The first-order valence-electron chi connectivity index (χ1n) is 13.2. The fraction of sp³-hybridized carbons (Fsp3) is 0.679. The zero-order valence-corrected chi connectivity index (χ0v) is 22.9. The Morgan fingerprint density at radius 1 is 0.914 bits per heavy atom. The Balaban J connectivity index is 2.94. The van der Waals surface area contributed by atoms with Gasteiger partial charge in [-0.15, -0.1) is 0 Å². The van der Waals surface area contributed by atoms with Crippen LogP contribution in [0.4, 0.5) is 0 Å². The molecule has 0 spiro atoms. The van der Waals surface area contributed by atoms with Crippen LogP contribution in [0.2, 0.25) is 0 Å². The van der Waals surface area contributed by atoms with Gasteiger partial charge in [-0.1, -0.05) is 54.5 Å². The normalized spacial score (nSPS) is 13.9. The molecule has 1 rings (SSSR count). The SMILES string of the molecule is CCCN(CCC)C(=O)c1cccc(C(=O)N[C@@H](CC(C)C)[C@@H](N)C[C@@H](C)C(=O)NCC(C)C)c1. The lowest BCUT2D eigenvalue weighted by atomic mass is 9.90. The van der Waals surface area contributed by atoms with E-state index in [2.05, 4.69) is 38.3 Å². The molecule has 7 nitrogen and oxygen atoms in total. The van der Waals surface area contributed by atoms with Gasteiger partial charge in [0, 0.05) is 48.8 Å². The van der Waals surface area contributed by atoms with Crippen molar-refractivity contribution in [3.8, 4) is 0 Å². The monoisotopic (exact) mass is 488 g/mol. The molecule has 0 radical (unpaired) electrons. The third kappa shape index (κ3) is 10.8. The van der Waals surface area contributed by atoms with Crippen molar-refractivity contribution in [1.29, 1.82) is 0 Å². The summed E-state index contributed by atoms with van der Waals surface area (Å²) < 4.78 is 0. The number of benzene rings is 1. The van der Waals surface area contributed by atoms with Crippen LogP contribution in [0.3, 0.4) is 0 Å². The Labute approximate surface area is 212 Å². The quantitative estimate of drug-likeness (QED) is 0.344. The molecule has 0 aromatic heterocycles. The van der Waals surface area contributed by atoms with Crippen LogP contribution in [-0.4, -0.2) is 54.3 Å². The van der Waals surface area contributed by atoms with Crippen molar-refractivity contribution in [3.63, 3.8) is 0 Å². The standard InChI is InChI=1S/C28H48N4O3/c1-8-13-32(14-9-2)28(35)23-12-10-11-22(17-23)27(34)31-25(15-19(3)4)24(29)16-21(7)26(33)30-18-20(5)6/h10-12,17,19-21,24-25H,8-9,13-16,18,29H2,1-7H3,(H,30,33)(H,31,34)/t21-,24+,25+/m1/s1. The molecule has 1 aromatic carbocycles. The zero-order valence-electron chi connectivity index (χ0n) is 22.9. The maximum Gasteiger partial charge on any atom is 0.253 e. The van der Waals surface area contributed by atoms with Gasteiger partial charge in [0.25, 0.3) is 11.8 Å². The summed E-state index contributed by atoms with van der Waals surface area (Å²) in [6.07, 6.45) is 2.94. The molecular formula is C28H48N4O3. The molecule has 0 saturated heterocycles. The van der Waals surface area contributed by atoms with E-state index in [4.69, 9.17) is 5.73 Å². The number of nitrogens with one attached hydrogen (secondary N) is 2. The highest BCUT2D eigenvalue weighted by Crippen LogP contribution is 2.16. The minimum atomic E-state index is -0.365. The summed E-state index contributed by atoms with van der Waals surface area (Å²) in [6, 6.07) is 6.24. The summed E-state index contributed by atoms with van der Waals surface area (Å²) in [7, 11) is 0. The third-order valence-corrected chi connectivity index (χ3v) is 5.96. The Bertz CT molecular complexity index is 803. The molecule has 0 aliphatic rings. The first-order valence-corrected chi connectivity index (χ1v) is 13.2. The molecule has 3 amide bonds. The highest BCUT2D eigenvalue weighted by Gasteiger charge is 2.26. The van der Waals surface area contributed by atoms with Gasteiger partial charge in [0.1, 0.15) is 0 Å². The average Bonchev–Trinajstić information content (AvgIpc) is 2.81. The second-order valence-corrected chi connectivity index (χ2v) is 10.5. The molecular weight excluding hydrogens is 440 g/mol. The Morgan fingerprint density at radius 3 is 2.06 bits per heavy atom. The van der Waals surface area contributed by atoms with E-state index in [-0.39, 0.29) is 35.7 Å². The topological polar surface area (TPSA) is 105 Å². The van der Waals surface area contributed by atoms with Gasteiger partial charge in [0.2, 0.25) is 5.91 Å². The van der Waals surface area contributed by atoms with Crippen LogP contribution in [0.1, 0.15) is 94.9 Å². The van der Waals surface area contributed by atoms with Crippen LogP contribution in [0.25, 0.3) is 0 Å². The maximum absolute atomic E-state index is 13.2. The molecule has 1 aromatic rings. The smallest absolute Gasteiger partial charge is 0.253 e. The van der Waals surface area contributed by atoms with E-state index in [0.29, 0.717) is 55.4 Å². The minimum Gasteiger partial charge on any atom is -0.356 e. The van der Waals surface area contributed by atoms with E-state index in [0.717, 1.165) is 12.8 Å². The Kier molecular flexibility index (Phi) is 13.6. The molecule has 0 bridgehead atoms. The number of hydrogen-bond acceptors (Lipinski definition) is 4. The number of rotatable bonds is 15. The van der Waals surface area contributed by atoms with Gasteiger partial charge in [-0.2, -0.15) is 0 Å². The highest BCUT2D eigenvalue weighted by atomic mass is 16.2. The summed E-state index contributed by atoms with van der Waals surface area (Å²) in [5, 5.41) is 6.04. The van der Waals surface area contributed by atoms with Crippen molar-refractivity contribution >= 4 is 17.7 Å². The van der Waals surface area contributed by atoms with Gasteiger partial charge < -0.3 is 21.3 Å². The minimum absolute atomic E-state index is 0.0151. The first-order chi connectivity index (χ1) is 16.5. The maximum atomic E-state index is 13.2. The molecule has 35 heavy (non-hydrogen) atoms. The Hall–Kier alpha value is -2.41. The largest absolute Gasteiger partial charge is 0.356 e. The predicted molar refractivity (Wildman–Crippen MR) is 143 cm³/mol. The van der Waals surface area contributed by atoms with Crippen LogP contribution >= 0.6 is 0 Å². The second kappa shape index (κ2) is 15.6. The highest BCUT2D eigenvalue weighted by molar-refractivity contribution is 5.99. The molecule has 198 valence electrons. The third-order valence-electron chi connectivity index (χ3n) is 5.96. The molecule has 0 aliphatic heterocycles. The van der Waals surface area contributed by atoms with Gasteiger partial charge in [0.15, 0.2) is 0 Å². The fourth-order valence-electron chi connectivity index (χ4n) is 4.09. The van der Waals surface area contributed by atoms with Crippen LogP contribution in [0, 0.1) is 17.8 Å². The van der Waals surface area contributed by atoms with E-state index in [1.807, 2.05) is 25.7 Å². The summed E-state index contributed by atoms with van der Waals surface area (Å²) in [6.45, 7) is 16.3. The van der Waals surface area contributed by atoms with Gasteiger partial charge in [-0.05, 0) is 55.7 Å². The molecule has 0 unspecified atom stereocenters. The summed E-state index contributed by atoms with van der Waals surface area (Å²) in [4.78, 5) is 40.4. The van der Waals surface area contributed by atoms with Gasteiger partial charge in [-0.3, -0.25) is 14.4 Å². The van der Waals surface area contributed by atoms with E-state index in [1.54, 1.807) is 24.3 Å². The molecule has 0 heterocycles. The molecule has 7 heteroatoms. The number of hydrogen-bond donors (Lipinski definition) is 3. The number of carbonyl (C=O) groups excluding carboxylic acids is 3. The number of carbonyl (C=O) groups is 3. The molecule has 3 atom stereocenters. The lowest BCUT2D eigenvalue weighted by Crippen LogP contribution is -2.50. The van der Waals surface area contributed by atoms with Gasteiger partial charge >= 0.3 is 0 Å². The van der Waals surface area contributed by atoms with Crippen molar-refractivity contribution in [1.82, 2.24) is 15.5 Å². The van der Waals surface area contributed by atoms with E-state index in [9.17, 15) is 14.4 Å². The fourth-order valence-corrected chi connectivity index (χ4v) is 4.09. The Morgan fingerprint density at radius 2 is 1.51 bits per heavy atom. The van der Waals surface area contributed by atoms with Crippen molar-refractivity contribution in [2.45, 2.75) is 86.2 Å². The lowest BCUT2D eigenvalue weighted by Gasteiger charge is -2.28. The lowest BCUT2D eigenvalue weighted by molar-refractivity contribution is -0.125. The zero-order chi connectivity index (χ0) is 26.5. The van der Waals surface area contributed by atoms with Gasteiger partial charge in [0.05, 0.1) is 0 Å². The van der Waals surface area contributed by atoms with Crippen molar-refractivity contribution in [2.24, 2.45) is 23.5 Å². The molecule has 0 saturated carbocycles. The van der Waals surface area contributed by atoms with Crippen LogP contribution in [0.15, 0.2) is 24.3 Å². The predicted octanol–water partition coefficient (Wildman–Crippen LogP) is 4.22. The van der Waals surface area contributed by atoms with Crippen LogP contribution in [-0.2, 0) is 4.79 Å². The number of nitrogens with zero attached hydrogens (tertiary/aromatic N) is 1. The van der Waals surface area contributed by atoms with Crippen molar-refractivity contribution in [3.05, 3.63) is 35.4 Å². The molecule has 0 aliphatic carbocycles. The van der Waals surface area contributed by atoms with Crippen molar-refractivity contribution in [2.75, 3.05) is 19.6 Å².